The summed E-state index contributed by atoms with van der Waals surface area (Å²) in [6.07, 6.45) is 3.99. The first-order valence-corrected chi connectivity index (χ1v) is 14.3. The third-order valence-electron chi connectivity index (χ3n) is 6.20. The number of carbonyl (C=O) groups excluding carboxylic acids is 3. The molecule has 0 unspecified atom stereocenters. The maximum Gasteiger partial charge on any atom is 0.305 e. The Bertz CT molecular complexity index is 1400. The van der Waals surface area contributed by atoms with Crippen LogP contribution in [-0.2, 0) is 24.2 Å². The fourth-order valence-electron chi connectivity index (χ4n) is 4.28. The summed E-state index contributed by atoms with van der Waals surface area (Å²) < 4.78 is 23.0. The van der Waals surface area contributed by atoms with Crippen LogP contribution in [0.1, 0.15) is 50.5 Å². The molecule has 2 aromatic heterocycles. The van der Waals surface area contributed by atoms with E-state index in [2.05, 4.69) is 20.6 Å². The average molecular weight is 560 g/mol. The summed E-state index contributed by atoms with van der Waals surface area (Å²) in [4.78, 5) is 61.1. The van der Waals surface area contributed by atoms with Crippen LogP contribution in [0, 0.1) is 5.41 Å². The molecule has 210 valence electrons. The number of fused-ring (bicyclic) bond motifs is 1. The van der Waals surface area contributed by atoms with E-state index in [0.717, 1.165) is 17.7 Å². The molecule has 0 aromatic carbocycles. The highest BCUT2D eigenvalue weighted by molar-refractivity contribution is 7.93. The van der Waals surface area contributed by atoms with Gasteiger partial charge in [-0.1, -0.05) is 26.8 Å². The predicted octanol–water partition coefficient (Wildman–Crippen LogP) is 1.28. The van der Waals surface area contributed by atoms with Gasteiger partial charge in [0.15, 0.2) is 9.84 Å². The third-order valence-corrected chi connectivity index (χ3v) is 6.85. The lowest BCUT2D eigenvalue weighted by Crippen LogP contribution is -2.58. The molecular formula is C26H33N5O7S. The number of hydrogen-bond donors (Lipinski definition) is 3. The minimum Gasteiger partial charge on any atom is -0.481 e. The minimum atomic E-state index is -3.55. The number of nitrogens with one attached hydrogen (secondary N) is 2. The van der Waals surface area contributed by atoms with Crippen molar-refractivity contribution in [3.8, 4) is 0 Å². The number of amides is 3. The molecule has 0 spiro atoms. The number of aliphatic carboxylic acids is 1. The molecule has 13 heteroatoms. The minimum absolute atomic E-state index is 0.113. The molecule has 3 atom stereocenters. The van der Waals surface area contributed by atoms with E-state index < -0.39 is 63.5 Å². The number of rotatable bonds is 9. The lowest BCUT2D eigenvalue weighted by Gasteiger charge is -2.35. The van der Waals surface area contributed by atoms with Crippen molar-refractivity contribution in [2.75, 3.05) is 12.8 Å². The van der Waals surface area contributed by atoms with E-state index in [0.29, 0.717) is 23.9 Å². The Morgan fingerprint density at radius 2 is 1.87 bits per heavy atom. The first-order chi connectivity index (χ1) is 18.2. The van der Waals surface area contributed by atoms with E-state index >= 15 is 0 Å². The number of aromatic nitrogens is 2. The zero-order chi connectivity index (χ0) is 29.0. The second-order valence-electron chi connectivity index (χ2n) is 10.6. The molecule has 1 fully saturated rings. The zero-order valence-electron chi connectivity index (χ0n) is 22.2. The molecule has 12 nitrogen and oxygen atoms in total. The van der Waals surface area contributed by atoms with Crippen molar-refractivity contribution in [3.05, 3.63) is 47.6 Å². The Balaban J connectivity index is 1.79. The lowest BCUT2D eigenvalue weighted by molar-refractivity contribution is -0.142. The second kappa shape index (κ2) is 11.9. The van der Waals surface area contributed by atoms with E-state index in [1.54, 1.807) is 45.2 Å². The summed E-state index contributed by atoms with van der Waals surface area (Å²) in [5.41, 5.74) is 0.540. The van der Waals surface area contributed by atoms with Crippen molar-refractivity contribution < 1.29 is 32.7 Å². The molecule has 0 aliphatic carbocycles. The van der Waals surface area contributed by atoms with Crippen LogP contribution in [0.5, 0.6) is 0 Å². The zero-order valence-corrected chi connectivity index (χ0v) is 23.1. The molecule has 0 radical (unpaired) electrons. The van der Waals surface area contributed by atoms with E-state index in [1.807, 2.05) is 0 Å². The van der Waals surface area contributed by atoms with Gasteiger partial charge in [-0.05, 0) is 42.5 Å². The molecule has 3 heterocycles. The summed E-state index contributed by atoms with van der Waals surface area (Å²) >= 11 is 0. The largest absolute Gasteiger partial charge is 0.481 e. The Hall–Kier alpha value is -3.87. The Kier molecular flexibility index (Phi) is 9.05. The molecule has 1 aliphatic heterocycles. The predicted molar refractivity (Wildman–Crippen MR) is 143 cm³/mol. The van der Waals surface area contributed by atoms with Gasteiger partial charge in [-0.3, -0.25) is 24.2 Å². The van der Waals surface area contributed by atoms with Gasteiger partial charge < -0.3 is 20.6 Å². The average Bonchev–Trinajstić information content (AvgIpc) is 3.34. The second-order valence-corrected chi connectivity index (χ2v) is 12.5. The quantitative estimate of drug-likeness (QED) is 0.408. The van der Waals surface area contributed by atoms with Gasteiger partial charge in [-0.15, -0.1) is 0 Å². The molecule has 3 amide bonds. The summed E-state index contributed by atoms with van der Waals surface area (Å²) in [7, 11) is -3.55. The molecule has 1 saturated heterocycles. The highest BCUT2D eigenvalue weighted by atomic mass is 32.2. The monoisotopic (exact) mass is 559 g/mol. The molecule has 0 saturated carbocycles. The number of likely N-dealkylation sites (tertiary alicyclic amines) is 1. The van der Waals surface area contributed by atoms with E-state index in [4.69, 9.17) is 0 Å². The number of carboxylic acid groups (broad SMARTS) is 1. The molecule has 3 rings (SSSR count). The van der Waals surface area contributed by atoms with Crippen molar-refractivity contribution in [1.82, 2.24) is 25.5 Å². The van der Waals surface area contributed by atoms with Crippen molar-refractivity contribution >= 4 is 44.6 Å². The highest BCUT2D eigenvalue weighted by Crippen LogP contribution is 2.26. The van der Waals surface area contributed by atoms with Gasteiger partial charge >= 0.3 is 5.97 Å². The molecular weight excluding hydrogens is 526 g/mol. The summed E-state index contributed by atoms with van der Waals surface area (Å²) in [5.74, 6) is -2.85. The molecule has 39 heavy (non-hydrogen) atoms. The van der Waals surface area contributed by atoms with Gasteiger partial charge in [-0.25, -0.2) is 13.4 Å². The molecule has 2 aromatic rings. The van der Waals surface area contributed by atoms with Crippen LogP contribution < -0.4 is 10.6 Å². The van der Waals surface area contributed by atoms with E-state index in [9.17, 15) is 32.7 Å². The van der Waals surface area contributed by atoms with Crippen LogP contribution >= 0.6 is 0 Å². The lowest BCUT2D eigenvalue weighted by atomic mass is 9.85. The van der Waals surface area contributed by atoms with Crippen molar-refractivity contribution in [2.45, 2.75) is 58.2 Å². The summed E-state index contributed by atoms with van der Waals surface area (Å²) in [6, 6.07) is 3.62. The third kappa shape index (κ3) is 8.06. The number of sulfone groups is 1. The van der Waals surface area contributed by atoms with Crippen LogP contribution in [0.2, 0.25) is 0 Å². The SMILES string of the molecule is CC(C)(C)[C@@H](NC(=O)c1ccc2ncccc2n1)C(=O)N1CCC[C@@H]1C(=O)N[C@H](C=CS(C)(=O)=O)CC(=O)O. The maximum absolute atomic E-state index is 13.7. The van der Waals surface area contributed by atoms with Crippen LogP contribution in [0.4, 0.5) is 0 Å². The number of nitrogens with zero attached hydrogens (tertiary/aromatic N) is 3. The smallest absolute Gasteiger partial charge is 0.305 e. The normalized spacial score (nSPS) is 17.6. The summed E-state index contributed by atoms with van der Waals surface area (Å²) in [6.45, 7) is 5.63. The summed E-state index contributed by atoms with van der Waals surface area (Å²) in [5, 5.41) is 15.3. The fraction of sp³-hybridized carbons (Fsp3) is 0.462. The topological polar surface area (TPSA) is 176 Å². The Morgan fingerprint density at radius 3 is 2.51 bits per heavy atom. The van der Waals surface area contributed by atoms with Crippen LogP contribution in [0.25, 0.3) is 11.0 Å². The Labute approximate surface area is 226 Å². The van der Waals surface area contributed by atoms with Gasteiger partial charge in [0.2, 0.25) is 11.8 Å². The van der Waals surface area contributed by atoms with E-state index in [1.165, 1.54) is 11.0 Å². The van der Waals surface area contributed by atoms with Crippen LogP contribution in [-0.4, -0.2) is 83.0 Å². The number of carbonyl (C=O) groups is 4. The first kappa shape index (κ1) is 29.7. The first-order valence-electron chi connectivity index (χ1n) is 12.4. The van der Waals surface area contributed by atoms with Crippen LogP contribution in [0.3, 0.4) is 0 Å². The van der Waals surface area contributed by atoms with Gasteiger partial charge in [0, 0.05) is 24.4 Å². The maximum atomic E-state index is 13.7. The van der Waals surface area contributed by atoms with Crippen molar-refractivity contribution in [2.24, 2.45) is 5.41 Å². The number of hydrogen-bond acceptors (Lipinski definition) is 8. The van der Waals surface area contributed by atoms with Crippen LogP contribution in [0.15, 0.2) is 41.9 Å². The number of pyridine rings is 2. The molecule has 3 N–H and O–H groups in total. The van der Waals surface area contributed by atoms with Gasteiger partial charge in [0.25, 0.3) is 5.91 Å². The highest BCUT2D eigenvalue weighted by Gasteiger charge is 2.42. The van der Waals surface area contributed by atoms with Crippen molar-refractivity contribution in [1.29, 1.82) is 0 Å². The van der Waals surface area contributed by atoms with Crippen molar-refractivity contribution in [3.63, 3.8) is 0 Å². The Morgan fingerprint density at radius 1 is 1.15 bits per heavy atom. The fourth-order valence-corrected chi connectivity index (χ4v) is 4.75. The van der Waals surface area contributed by atoms with Gasteiger partial charge in [-0.2, -0.15) is 0 Å². The van der Waals surface area contributed by atoms with Gasteiger partial charge in [0.05, 0.1) is 23.5 Å². The number of carboxylic acids is 1. The van der Waals surface area contributed by atoms with Gasteiger partial charge in [0.1, 0.15) is 17.8 Å². The molecule has 1 aliphatic rings. The standard InChI is InChI=1S/C26H33N5O7S/c1-26(2,3)22(30-23(34)19-10-9-17-18(29-19)7-5-12-27-17)25(36)31-13-6-8-20(31)24(35)28-16(15-21(32)33)11-14-39(4,37)38/h5,7,9-12,14,16,20,22H,6,8,13,15H2,1-4H3,(H,28,35)(H,30,34)(H,32,33)/t16-,20-,22+/m1/s1. The van der Waals surface area contributed by atoms with E-state index in [-0.39, 0.29) is 12.2 Å². The molecule has 0 bridgehead atoms.